The monoisotopic (exact) mass is 335 g/mol. The molecule has 2 bridgehead atoms. The van der Waals surface area contributed by atoms with Gasteiger partial charge in [0.15, 0.2) is 0 Å². The lowest BCUT2D eigenvalue weighted by Crippen LogP contribution is -2.57. The zero-order valence-electron chi connectivity index (χ0n) is 14.2. The Hall–Kier alpha value is -1.47. The van der Waals surface area contributed by atoms with Gasteiger partial charge in [-0.3, -0.25) is 19.3 Å². The number of likely N-dealkylation sites (tertiary alicyclic amines) is 1. The van der Waals surface area contributed by atoms with Crippen molar-refractivity contribution in [3.63, 3.8) is 0 Å². The fourth-order valence-corrected chi connectivity index (χ4v) is 4.78. The third-order valence-electron chi connectivity index (χ3n) is 6.17. The highest BCUT2D eigenvalue weighted by molar-refractivity contribution is 6.09. The molecule has 4 aliphatic heterocycles. The molecule has 7 heteroatoms. The first-order valence-electron chi connectivity index (χ1n) is 9.05. The molecule has 7 nitrogen and oxygen atoms in total. The van der Waals surface area contributed by atoms with Crippen LogP contribution in [0.1, 0.15) is 39.5 Å². The molecule has 4 heterocycles. The number of hydrogen-bond donors (Lipinski definition) is 2. The molecule has 3 amide bonds. The maximum absolute atomic E-state index is 12.7. The number of fused-ring (bicyclic) bond motifs is 5. The fraction of sp³-hybridized carbons (Fsp3) is 0.824. The Morgan fingerprint density at radius 1 is 1.21 bits per heavy atom. The average Bonchev–Trinajstić information content (AvgIpc) is 3.23. The zero-order valence-corrected chi connectivity index (χ0v) is 14.2. The van der Waals surface area contributed by atoms with E-state index in [1.54, 1.807) is 6.92 Å². The summed E-state index contributed by atoms with van der Waals surface area (Å²) in [6, 6.07) is -0.520. The van der Waals surface area contributed by atoms with E-state index in [1.807, 2.05) is 6.92 Å². The van der Waals surface area contributed by atoms with Crippen molar-refractivity contribution in [2.24, 2.45) is 11.8 Å². The molecule has 0 radical (unpaired) electrons. The number of carbonyl (C=O) groups is 3. The largest absolute Gasteiger partial charge is 0.373 e. The summed E-state index contributed by atoms with van der Waals surface area (Å²) >= 11 is 0. The number of ether oxygens (including phenoxy) is 1. The second-order valence-electron chi connectivity index (χ2n) is 7.56. The minimum Gasteiger partial charge on any atom is -0.373 e. The molecule has 2 N–H and O–H groups in total. The van der Waals surface area contributed by atoms with Gasteiger partial charge in [-0.1, -0.05) is 0 Å². The van der Waals surface area contributed by atoms with Gasteiger partial charge in [0.2, 0.25) is 17.7 Å². The average molecular weight is 335 g/mol. The number of nitrogens with one attached hydrogen (secondary N) is 2. The van der Waals surface area contributed by atoms with E-state index in [0.29, 0.717) is 0 Å². The maximum Gasteiger partial charge on any atom is 0.243 e. The first-order valence-corrected chi connectivity index (χ1v) is 9.05. The van der Waals surface area contributed by atoms with E-state index in [9.17, 15) is 14.4 Å². The van der Waals surface area contributed by atoms with Gasteiger partial charge in [-0.05, 0) is 46.1 Å². The van der Waals surface area contributed by atoms with Crippen molar-refractivity contribution in [1.82, 2.24) is 15.5 Å². The highest BCUT2D eigenvalue weighted by Gasteiger charge is 2.63. The topological polar surface area (TPSA) is 87.7 Å². The van der Waals surface area contributed by atoms with Crippen molar-refractivity contribution in [2.75, 3.05) is 6.54 Å². The van der Waals surface area contributed by atoms with Crippen molar-refractivity contribution < 1.29 is 19.1 Å². The standard InChI is InChI=1S/C17H25N3O4/c1-8-10(4-3-7-18-8)19-15(21)9(2)20-16(22)13-11-5-6-12(24-11)14(13)17(20)23/h8-14,18H,3-7H2,1-2H3,(H,19,21). The summed E-state index contributed by atoms with van der Waals surface area (Å²) in [5.41, 5.74) is 0. The summed E-state index contributed by atoms with van der Waals surface area (Å²) in [6.45, 7) is 4.65. The van der Waals surface area contributed by atoms with Crippen molar-refractivity contribution >= 4 is 17.7 Å². The van der Waals surface area contributed by atoms with Crippen LogP contribution in [0.15, 0.2) is 0 Å². The summed E-state index contributed by atoms with van der Waals surface area (Å²) in [6.07, 6.45) is 3.32. The van der Waals surface area contributed by atoms with Gasteiger partial charge in [0.05, 0.1) is 24.0 Å². The number of carbonyl (C=O) groups excluding carboxylic acids is 3. The fourth-order valence-electron chi connectivity index (χ4n) is 4.78. The second kappa shape index (κ2) is 5.81. The van der Waals surface area contributed by atoms with Crippen LogP contribution in [0.4, 0.5) is 0 Å². The van der Waals surface area contributed by atoms with Crippen LogP contribution in [0.25, 0.3) is 0 Å². The molecule has 0 aromatic heterocycles. The Morgan fingerprint density at radius 2 is 1.83 bits per heavy atom. The Kier molecular flexibility index (Phi) is 3.88. The number of nitrogens with zero attached hydrogens (tertiary/aromatic N) is 1. The SMILES string of the molecule is CC1NCCCC1NC(=O)C(C)N1C(=O)C2C3CCC(O3)C2C1=O. The molecule has 4 saturated heterocycles. The molecule has 4 aliphatic rings. The van der Waals surface area contributed by atoms with Crippen LogP contribution < -0.4 is 10.6 Å². The predicted molar refractivity (Wildman–Crippen MR) is 84.8 cm³/mol. The summed E-state index contributed by atoms with van der Waals surface area (Å²) < 4.78 is 5.73. The van der Waals surface area contributed by atoms with E-state index < -0.39 is 6.04 Å². The van der Waals surface area contributed by atoms with Crippen molar-refractivity contribution in [3.05, 3.63) is 0 Å². The minimum atomic E-state index is -0.760. The lowest BCUT2D eigenvalue weighted by atomic mass is 9.81. The molecule has 0 aromatic carbocycles. The predicted octanol–water partition coefficient (Wildman–Crippen LogP) is -0.206. The number of piperidine rings is 1. The van der Waals surface area contributed by atoms with Gasteiger partial charge in [-0.25, -0.2) is 0 Å². The van der Waals surface area contributed by atoms with Crippen molar-refractivity contribution in [1.29, 1.82) is 0 Å². The lowest BCUT2D eigenvalue weighted by Gasteiger charge is -2.32. The van der Waals surface area contributed by atoms with E-state index in [0.717, 1.165) is 32.2 Å². The molecule has 24 heavy (non-hydrogen) atoms. The lowest BCUT2D eigenvalue weighted by molar-refractivity contribution is -0.149. The zero-order chi connectivity index (χ0) is 17.0. The van der Waals surface area contributed by atoms with Gasteiger partial charge in [0.25, 0.3) is 0 Å². The van der Waals surface area contributed by atoms with Gasteiger partial charge >= 0.3 is 0 Å². The van der Waals surface area contributed by atoms with Gasteiger partial charge in [0.1, 0.15) is 6.04 Å². The van der Waals surface area contributed by atoms with Crippen molar-refractivity contribution in [2.45, 2.75) is 69.9 Å². The van der Waals surface area contributed by atoms with Gasteiger partial charge in [-0.2, -0.15) is 0 Å². The molecule has 4 rings (SSSR count). The van der Waals surface area contributed by atoms with Gasteiger partial charge in [-0.15, -0.1) is 0 Å². The van der Waals surface area contributed by atoms with E-state index >= 15 is 0 Å². The molecule has 0 spiro atoms. The minimum absolute atomic E-state index is 0.0421. The molecule has 0 saturated carbocycles. The van der Waals surface area contributed by atoms with Crippen LogP contribution in [-0.2, 0) is 19.1 Å². The Morgan fingerprint density at radius 3 is 2.42 bits per heavy atom. The molecular weight excluding hydrogens is 310 g/mol. The van der Waals surface area contributed by atoms with E-state index in [2.05, 4.69) is 10.6 Å². The Labute approximate surface area is 141 Å². The second-order valence-corrected chi connectivity index (χ2v) is 7.56. The van der Waals surface area contributed by atoms with E-state index in [-0.39, 0.29) is 53.8 Å². The number of hydrogen-bond acceptors (Lipinski definition) is 5. The molecule has 0 aliphatic carbocycles. The van der Waals surface area contributed by atoms with Gasteiger partial charge in [0, 0.05) is 12.1 Å². The van der Waals surface area contributed by atoms with Crippen molar-refractivity contribution in [3.8, 4) is 0 Å². The number of rotatable bonds is 3. The summed E-state index contributed by atoms with van der Waals surface area (Å²) in [5.74, 6) is -1.45. The molecule has 7 unspecified atom stereocenters. The normalized spacial score (nSPS) is 42.3. The smallest absolute Gasteiger partial charge is 0.243 e. The van der Waals surface area contributed by atoms with Crippen LogP contribution in [0.2, 0.25) is 0 Å². The van der Waals surface area contributed by atoms with Crippen LogP contribution in [0, 0.1) is 11.8 Å². The first kappa shape index (κ1) is 16.0. The molecule has 7 atom stereocenters. The Bertz CT molecular complexity index is 552. The van der Waals surface area contributed by atoms with Crippen LogP contribution in [0.3, 0.4) is 0 Å². The highest BCUT2D eigenvalue weighted by Crippen LogP contribution is 2.48. The summed E-state index contributed by atoms with van der Waals surface area (Å²) in [5, 5.41) is 6.35. The van der Waals surface area contributed by atoms with Crippen LogP contribution in [0.5, 0.6) is 0 Å². The molecule has 4 fully saturated rings. The quantitative estimate of drug-likeness (QED) is 0.697. The molecule has 0 aromatic rings. The molecule has 132 valence electrons. The van der Waals surface area contributed by atoms with Gasteiger partial charge < -0.3 is 15.4 Å². The number of amides is 3. The molecular formula is C17H25N3O4. The van der Waals surface area contributed by atoms with E-state index in [1.165, 1.54) is 4.90 Å². The maximum atomic E-state index is 12.7. The summed E-state index contributed by atoms with van der Waals surface area (Å²) in [4.78, 5) is 39.3. The highest BCUT2D eigenvalue weighted by atomic mass is 16.5. The van der Waals surface area contributed by atoms with E-state index in [4.69, 9.17) is 4.74 Å². The third-order valence-corrected chi connectivity index (χ3v) is 6.17. The third kappa shape index (κ3) is 2.29. The van der Waals surface area contributed by atoms with Crippen LogP contribution >= 0.6 is 0 Å². The summed E-state index contributed by atoms with van der Waals surface area (Å²) in [7, 11) is 0. The Balaban J connectivity index is 1.46. The first-order chi connectivity index (χ1) is 11.5. The van der Waals surface area contributed by atoms with Crippen LogP contribution in [-0.4, -0.2) is 59.5 Å². The number of imide groups is 1.